The Hall–Kier alpha value is -1.53. The van der Waals surface area contributed by atoms with Gasteiger partial charge in [0.05, 0.1) is 5.92 Å². The molecule has 0 radical (unpaired) electrons. The summed E-state index contributed by atoms with van der Waals surface area (Å²) in [7, 11) is 0. The lowest BCUT2D eigenvalue weighted by atomic mass is 9.97. The summed E-state index contributed by atoms with van der Waals surface area (Å²) in [6, 6.07) is 0. The number of likely N-dealkylation sites (tertiary alicyclic amines) is 1. The van der Waals surface area contributed by atoms with Crippen LogP contribution in [-0.2, 0) is 9.59 Å². The maximum Gasteiger partial charge on any atom is 0.393 e. The van der Waals surface area contributed by atoms with Crippen LogP contribution in [0.25, 0.3) is 0 Å². The molecule has 0 aromatic carbocycles. The van der Waals surface area contributed by atoms with E-state index in [0.717, 1.165) is 11.0 Å². The number of hydrogen-bond acceptors (Lipinski definition) is 2. The molecule has 0 aromatic rings. The van der Waals surface area contributed by atoms with E-state index in [9.17, 15) is 22.8 Å². The van der Waals surface area contributed by atoms with Gasteiger partial charge >= 0.3 is 12.1 Å². The summed E-state index contributed by atoms with van der Waals surface area (Å²) in [5.74, 6) is -3.51. The molecule has 1 atom stereocenters. The van der Waals surface area contributed by atoms with Crippen molar-refractivity contribution >= 4 is 11.9 Å². The first-order valence-corrected chi connectivity index (χ1v) is 5.07. The van der Waals surface area contributed by atoms with Gasteiger partial charge in [-0.05, 0) is 12.8 Å². The van der Waals surface area contributed by atoms with Crippen LogP contribution in [-0.4, -0.2) is 41.1 Å². The minimum absolute atomic E-state index is 0.00985. The second kappa shape index (κ2) is 5.20. The molecule has 0 aliphatic carbocycles. The Bertz CT molecular complexity index is 338. The molecule has 0 unspecified atom stereocenters. The first-order chi connectivity index (χ1) is 7.80. The Morgan fingerprint density at radius 2 is 1.94 bits per heavy atom. The fraction of sp³-hybridized carbons (Fsp3) is 0.600. The number of nitrogens with zero attached hydrogens (tertiary/aromatic N) is 1. The van der Waals surface area contributed by atoms with Crippen LogP contribution in [0.2, 0.25) is 0 Å². The summed E-state index contributed by atoms with van der Waals surface area (Å²) in [4.78, 5) is 22.6. The van der Waals surface area contributed by atoms with Crippen LogP contribution in [0.3, 0.4) is 0 Å². The molecule has 1 aliphatic heterocycles. The van der Waals surface area contributed by atoms with Crippen molar-refractivity contribution in [1.82, 2.24) is 4.90 Å². The number of carbonyl (C=O) groups excluding carboxylic acids is 1. The number of hydrogen-bond donors (Lipinski definition) is 1. The Morgan fingerprint density at radius 3 is 2.47 bits per heavy atom. The number of amides is 1. The van der Waals surface area contributed by atoms with Gasteiger partial charge in [0.1, 0.15) is 0 Å². The van der Waals surface area contributed by atoms with Crippen LogP contribution in [0, 0.1) is 5.92 Å². The molecule has 1 saturated heterocycles. The van der Waals surface area contributed by atoms with Crippen molar-refractivity contribution in [3.05, 3.63) is 12.2 Å². The average molecular weight is 251 g/mol. The fourth-order valence-electron chi connectivity index (χ4n) is 1.69. The van der Waals surface area contributed by atoms with Crippen LogP contribution >= 0.6 is 0 Å². The van der Waals surface area contributed by atoms with Crippen molar-refractivity contribution in [3.63, 3.8) is 0 Å². The third-order valence-electron chi connectivity index (χ3n) is 2.56. The van der Waals surface area contributed by atoms with Gasteiger partial charge in [-0.2, -0.15) is 13.2 Å². The minimum atomic E-state index is -4.31. The zero-order valence-electron chi connectivity index (χ0n) is 8.91. The van der Waals surface area contributed by atoms with E-state index in [0.29, 0.717) is 6.08 Å². The number of rotatable bonds is 2. The van der Waals surface area contributed by atoms with E-state index < -0.39 is 30.5 Å². The Labute approximate surface area is 95.7 Å². The van der Waals surface area contributed by atoms with Gasteiger partial charge in [0.25, 0.3) is 0 Å². The number of halogens is 3. The van der Waals surface area contributed by atoms with E-state index in [1.807, 2.05) is 0 Å². The zero-order valence-corrected chi connectivity index (χ0v) is 8.91. The van der Waals surface area contributed by atoms with Gasteiger partial charge in [-0.1, -0.05) is 0 Å². The predicted molar refractivity (Wildman–Crippen MR) is 52.1 cm³/mol. The standard InChI is InChI=1S/C10H12F3NO3/c11-10(12,13)7-2-1-5-14(6-7)8(15)3-4-9(16)17/h3-4,7H,1-2,5-6H2,(H,16,17)/t7-/m1/s1. The van der Waals surface area contributed by atoms with Gasteiger partial charge in [0.15, 0.2) is 0 Å². The zero-order chi connectivity index (χ0) is 13.1. The Kier molecular flexibility index (Phi) is 4.14. The van der Waals surface area contributed by atoms with E-state index in [1.165, 1.54) is 0 Å². The maximum absolute atomic E-state index is 12.4. The molecule has 1 fully saturated rings. The predicted octanol–water partition coefficient (Wildman–Crippen LogP) is 1.43. The van der Waals surface area contributed by atoms with Gasteiger partial charge in [-0.3, -0.25) is 4.79 Å². The number of aliphatic carboxylic acids is 1. The SMILES string of the molecule is O=C(O)C=CC(=O)N1CCC[C@@H](C(F)(F)F)C1. The number of carboxylic acid groups (broad SMARTS) is 1. The highest BCUT2D eigenvalue weighted by Crippen LogP contribution is 2.33. The molecule has 1 aliphatic rings. The highest BCUT2D eigenvalue weighted by atomic mass is 19.4. The molecule has 4 nitrogen and oxygen atoms in total. The van der Waals surface area contributed by atoms with E-state index >= 15 is 0 Å². The van der Waals surface area contributed by atoms with E-state index in [-0.39, 0.29) is 19.4 Å². The average Bonchev–Trinajstić information content (AvgIpc) is 2.25. The van der Waals surface area contributed by atoms with Gasteiger partial charge in [-0.25, -0.2) is 4.79 Å². The lowest BCUT2D eigenvalue weighted by Gasteiger charge is -2.33. The third kappa shape index (κ3) is 4.08. The number of alkyl halides is 3. The molecule has 0 aromatic heterocycles. The number of piperidine rings is 1. The lowest BCUT2D eigenvalue weighted by Crippen LogP contribution is -2.44. The summed E-state index contributed by atoms with van der Waals surface area (Å²) in [6.07, 6.45) is -2.62. The molecule has 17 heavy (non-hydrogen) atoms. The van der Waals surface area contributed by atoms with Gasteiger partial charge < -0.3 is 10.0 Å². The Balaban J connectivity index is 2.61. The topological polar surface area (TPSA) is 57.6 Å². The lowest BCUT2D eigenvalue weighted by molar-refractivity contribution is -0.187. The molecule has 1 heterocycles. The molecular formula is C10H12F3NO3. The molecule has 1 N–H and O–H groups in total. The van der Waals surface area contributed by atoms with Gasteiger partial charge in [-0.15, -0.1) is 0 Å². The third-order valence-corrected chi connectivity index (χ3v) is 2.56. The second-order valence-corrected chi connectivity index (χ2v) is 3.84. The van der Waals surface area contributed by atoms with Crippen molar-refractivity contribution in [1.29, 1.82) is 0 Å². The Morgan fingerprint density at radius 1 is 1.29 bits per heavy atom. The van der Waals surface area contributed by atoms with E-state index in [1.54, 1.807) is 0 Å². The second-order valence-electron chi connectivity index (χ2n) is 3.84. The monoisotopic (exact) mass is 251 g/mol. The molecule has 0 bridgehead atoms. The maximum atomic E-state index is 12.4. The van der Waals surface area contributed by atoms with Crippen LogP contribution in [0.5, 0.6) is 0 Å². The van der Waals surface area contributed by atoms with Crippen LogP contribution < -0.4 is 0 Å². The van der Waals surface area contributed by atoms with Crippen LogP contribution in [0.1, 0.15) is 12.8 Å². The highest BCUT2D eigenvalue weighted by molar-refractivity contribution is 5.93. The van der Waals surface area contributed by atoms with Crippen molar-refractivity contribution in [2.24, 2.45) is 5.92 Å². The summed E-state index contributed by atoms with van der Waals surface area (Å²) in [5.41, 5.74) is 0. The summed E-state index contributed by atoms with van der Waals surface area (Å²) in [5, 5.41) is 8.30. The first-order valence-electron chi connectivity index (χ1n) is 5.07. The molecular weight excluding hydrogens is 239 g/mol. The fourth-order valence-corrected chi connectivity index (χ4v) is 1.69. The van der Waals surface area contributed by atoms with Gasteiger partial charge in [0.2, 0.25) is 5.91 Å². The van der Waals surface area contributed by atoms with E-state index in [2.05, 4.69) is 0 Å². The van der Waals surface area contributed by atoms with Crippen molar-refractivity contribution < 1.29 is 27.9 Å². The van der Waals surface area contributed by atoms with Crippen molar-refractivity contribution in [2.45, 2.75) is 19.0 Å². The normalized spacial score (nSPS) is 21.8. The summed E-state index contributed by atoms with van der Waals surface area (Å²) in [6.45, 7) is -0.165. The minimum Gasteiger partial charge on any atom is -0.478 e. The van der Waals surface area contributed by atoms with Crippen LogP contribution in [0.15, 0.2) is 12.2 Å². The largest absolute Gasteiger partial charge is 0.478 e. The quantitative estimate of drug-likeness (QED) is 0.755. The van der Waals surface area contributed by atoms with Crippen LogP contribution in [0.4, 0.5) is 13.2 Å². The molecule has 7 heteroatoms. The molecule has 1 rings (SSSR count). The first kappa shape index (κ1) is 13.5. The van der Waals surface area contributed by atoms with Crippen molar-refractivity contribution in [3.8, 4) is 0 Å². The smallest absolute Gasteiger partial charge is 0.393 e. The summed E-state index contributed by atoms with van der Waals surface area (Å²) >= 11 is 0. The number of carboxylic acids is 1. The van der Waals surface area contributed by atoms with Crippen molar-refractivity contribution in [2.75, 3.05) is 13.1 Å². The van der Waals surface area contributed by atoms with Gasteiger partial charge in [0, 0.05) is 25.2 Å². The molecule has 96 valence electrons. The molecule has 0 spiro atoms. The number of carbonyl (C=O) groups is 2. The van der Waals surface area contributed by atoms with E-state index in [4.69, 9.17) is 5.11 Å². The molecule has 0 saturated carbocycles. The summed E-state index contributed by atoms with van der Waals surface area (Å²) < 4.78 is 37.3. The highest BCUT2D eigenvalue weighted by Gasteiger charge is 2.42. The molecule has 1 amide bonds.